The molecule has 1 aromatic heterocycles. The topological polar surface area (TPSA) is 68.0 Å². The lowest BCUT2D eigenvalue weighted by atomic mass is 10.0. The first-order chi connectivity index (χ1) is 7.93. The second-order valence-corrected chi connectivity index (χ2v) is 4.74. The standard InChI is InChI=1S/C12H17N3OS/c1-7(2)9(11(13)17)15-12(16)10-8(3)5-4-6-14-10/h4-7,9H,1-3H3,(H2,13,17)(H,15,16). The number of aromatic nitrogens is 1. The number of pyridine rings is 1. The summed E-state index contributed by atoms with van der Waals surface area (Å²) in [6.07, 6.45) is 1.59. The molecular formula is C12H17N3OS. The molecule has 0 aliphatic heterocycles. The number of hydrogen-bond donors (Lipinski definition) is 2. The fourth-order valence-electron chi connectivity index (χ4n) is 1.50. The van der Waals surface area contributed by atoms with Crippen molar-refractivity contribution in [1.29, 1.82) is 0 Å². The third-order valence-electron chi connectivity index (χ3n) is 2.48. The predicted molar refractivity (Wildman–Crippen MR) is 71.9 cm³/mol. The van der Waals surface area contributed by atoms with Gasteiger partial charge in [-0.15, -0.1) is 0 Å². The minimum Gasteiger partial charge on any atom is -0.392 e. The highest BCUT2D eigenvalue weighted by Gasteiger charge is 2.20. The molecule has 1 unspecified atom stereocenters. The first-order valence-electron chi connectivity index (χ1n) is 5.45. The minimum atomic E-state index is -0.307. The van der Waals surface area contributed by atoms with E-state index < -0.39 is 0 Å². The average Bonchev–Trinajstić information content (AvgIpc) is 2.25. The Hall–Kier alpha value is -1.49. The molecule has 1 aromatic rings. The highest BCUT2D eigenvalue weighted by molar-refractivity contribution is 7.80. The molecule has 0 bridgehead atoms. The predicted octanol–water partition coefficient (Wildman–Crippen LogP) is 1.43. The molecule has 0 fully saturated rings. The van der Waals surface area contributed by atoms with E-state index in [2.05, 4.69) is 10.3 Å². The van der Waals surface area contributed by atoms with Crippen LogP contribution in [0, 0.1) is 12.8 Å². The van der Waals surface area contributed by atoms with E-state index in [-0.39, 0.29) is 17.9 Å². The SMILES string of the molecule is Cc1cccnc1C(=O)NC(C(N)=S)C(C)C. The fraction of sp³-hybridized carbons (Fsp3) is 0.417. The van der Waals surface area contributed by atoms with Crippen LogP contribution in [0.2, 0.25) is 0 Å². The first-order valence-corrected chi connectivity index (χ1v) is 5.86. The van der Waals surface area contributed by atoms with E-state index in [4.69, 9.17) is 18.0 Å². The number of amides is 1. The van der Waals surface area contributed by atoms with Crippen molar-refractivity contribution in [1.82, 2.24) is 10.3 Å². The van der Waals surface area contributed by atoms with Crippen LogP contribution in [0.15, 0.2) is 18.3 Å². The van der Waals surface area contributed by atoms with Gasteiger partial charge in [0.2, 0.25) is 0 Å². The van der Waals surface area contributed by atoms with Crippen molar-refractivity contribution < 1.29 is 4.79 Å². The Bertz CT molecular complexity index is 432. The molecule has 1 rings (SSSR count). The van der Waals surface area contributed by atoms with Gasteiger partial charge in [0.25, 0.3) is 5.91 Å². The molecular weight excluding hydrogens is 234 g/mol. The number of rotatable bonds is 4. The summed E-state index contributed by atoms with van der Waals surface area (Å²) in [5.74, 6) is -0.0879. The Morgan fingerprint density at radius 2 is 2.18 bits per heavy atom. The van der Waals surface area contributed by atoms with Gasteiger partial charge < -0.3 is 11.1 Å². The van der Waals surface area contributed by atoms with Crippen molar-refractivity contribution in [2.24, 2.45) is 11.7 Å². The van der Waals surface area contributed by atoms with Crippen LogP contribution in [0.4, 0.5) is 0 Å². The second-order valence-electron chi connectivity index (χ2n) is 4.27. The van der Waals surface area contributed by atoms with Gasteiger partial charge >= 0.3 is 0 Å². The summed E-state index contributed by atoms with van der Waals surface area (Å²) < 4.78 is 0. The number of nitrogens with zero attached hydrogens (tertiary/aromatic N) is 1. The zero-order chi connectivity index (χ0) is 13.0. The molecule has 1 amide bonds. The Morgan fingerprint density at radius 3 is 2.65 bits per heavy atom. The van der Waals surface area contributed by atoms with E-state index in [0.717, 1.165) is 5.56 Å². The van der Waals surface area contributed by atoms with Crippen molar-refractivity contribution in [3.8, 4) is 0 Å². The molecule has 0 aliphatic rings. The number of nitrogens with one attached hydrogen (secondary N) is 1. The third kappa shape index (κ3) is 3.49. The van der Waals surface area contributed by atoms with Gasteiger partial charge in [0.15, 0.2) is 0 Å². The van der Waals surface area contributed by atoms with Crippen LogP contribution in [-0.4, -0.2) is 21.9 Å². The molecule has 1 atom stereocenters. The zero-order valence-corrected chi connectivity index (χ0v) is 11.0. The molecule has 0 aromatic carbocycles. The van der Waals surface area contributed by atoms with Gasteiger partial charge in [0.1, 0.15) is 5.69 Å². The molecule has 0 saturated heterocycles. The number of aryl methyl sites for hydroxylation is 1. The van der Waals surface area contributed by atoms with E-state index in [1.54, 1.807) is 12.3 Å². The number of carbonyl (C=O) groups excluding carboxylic acids is 1. The zero-order valence-electron chi connectivity index (χ0n) is 10.2. The van der Waals surface area contributed by atoms with Crippen molar-refractivity contribution in [3.63, 3.8) is 0 Å². The number of nitrogens with two attached hydrogens (primary N) is 1. The second kappa shape index (κ2) is 5.72. The van der Waals surface area contributed by atoms with Crippen LogP contribution in [0.1, 0.15) is 29.9 Å². The minimum absolute atomic E-state index is 0.153. The van der Waals surface area contributed by atoms with Crippen molar-refractivity contribution in [2.75, 3.05) is 0 Å². The molecule has 5 heteroatoms. The number of carbonyl (C=O) groups is 1. The maximum Gasteiger partial charge on any atom is 0.270 e. The molecule has 0 saturated carbocycles. The molecule has 0 radical (unpaired) electrons. The van der Waals surface area contributed by atoms with Crippen LogP contribution < -0.4 is 11.1 Å². The van der Waals surface area contributed by atoms with Crippen LogP contribution in [-0.2, 0) is 0 Å². The average molecular weight is 251 g/mol. The lowest BCUT2D eigenvalue weighted by Gasteiger charge is -2.21. The highest BCUT2D eigenvalue weighted by Crippen LogP contribution is 2.06. The van der Waals surface area contributed by atoms with E-state index in [1.807, 2.05) is 26.8 Å². The summed E-state index contributed by atoms with van der Waals surface area (Å²) in [7, 11) is 0. The van der Waals surface area contributed by atoms with Crippen molar-refractivity contribution in [2.45, 2.75) is 26.8 Å². The Morgan fingerprint density at radius 1 is 1.53 bits per heavy atom. The maximum absolute atomic E-state index is 12.0. The van der Waals surface area contributed by atoms with Gasteiger partial charge in [-0.25, -0.2) is 0 Å². The fourth-order valence-corrected chi connectivity index (χ4v) is 1.83. The lowest BCUT2D eigenvalue weighted by molar-refractivity contribution is 0.0934. The van der Waals surface area contributed by atoms with Crippen LogP contribution >= 0.6 is 12.2 Å². The maximum atomic E-state index is 12.0. The summed E-state index contributed by atoms with van der Waals surface area (Å²) in [4.78, 5) is 16.3. The van der Waals surface area contributed by atoms with E-state index in [9.17, 15) is 4.79 Å². The summed E-state index contributed by atoms with van der Waals surface area (Å²) >= 11 is 4.94. The normalized spacial score (nSPS) is 12.2. The number of hydrogen-bond acceptors (Lipinski definition) is 3. The van der Waals surface area contributed by atoms with Crippen LogP contribution in [0.3, 0.4) is 0 Å². The smallest absolute Gasteiger partial charge is 0.270 e. The van der Waals surface area contributed by atoms with Crippen molar-refractivity contribution >= 4 is 23.1 Å². The monoisotopic (exact) mass is 251 g/mol. The van der Waals surface area contributed by atoms with E-state index >= 15 is 0 Å². The van der Waals surface area contributed by atoms with Gasteiger partial charge in [0.05, 0.1) is 11.0 Å². The van der Waals surface area contributed by atoms with E-state index in [1.165, 1.54) is 0 Å². The Kier molecular flexibility index (Phi) is 4.57. The summed E-state index contributed by atoms with van der Waals surface area (Å²) in [6.45, 7) is 5.75. The summed E-state index contributed by atoms with van der Waals surface area (Å²) in [5, 5.41) is 2.81. The highest BCUT2D eigenvalue weighted by atomic mass is 32.1. The quantitative estimate of drug-likeness (QED) is 0.794. The van der Waals surface area contributed by atoms with Crippen molar-refractivity contribution in [3.05, 3.63) is 29.6 Å². The molecule has 1 heterocycles. The van der Waals surface area contributed by atoms with Gasteiger partial charge in [-0.05, 0) is 24.5 Å². The molecule has 0 spiro atoms. The molecule has 17 heavy (non-hydrogen) atoms. The van der Waals surface area contributed by atoms with Gasteiger partial charge in [-0.1, -0.05) is 32.1 Å². The van der Waals surface area contributed by atoms with E-state index in [0.29, 0.717) is 10.7 Å². The molecule has 3 N–H and O–H groups in total. The summed E-state index contributed by atoms with van der Waals surface area (Å²) in [5.41, 5.74) is 6.84. The van der Waals surface area contributed by atoms with Gasteiger partial charge in [0, 0.05) is 6.20 Å². The molecule has 0 aliphatic carbocycles. The molecule has 4 nitrogen and oxygen atoms in total. The van der Waals surface area contributed by atoms with Crippen LogP contribution in [0.25, 0.3) is 0 Å². The summed E-state index contributed by atoms with van der Waals surface area (Å²) in [6, 6.07) is 3.33. The number of thiocarbonyl (C=S) groups is 1. The first kappa shape index (κ1) is 13.6. The lowest BCUT2D eigenvalue weighted by Crippen LogP contribution is -2.47. The van der Waals surface area contributed by atoms with Gasteiger partial charge in [-0.2, -0.15) is 0 Å². The van der Waals surface area contributed by atoms with Crippen LogP contribution in [0.5, 0.6) is 0 Å². The Labute approximate surface area is 107 Å². The molecule has 92 valence electrons. The third-order valence-corrected chi connectivity index (χ3v) is 2.74. The Balaban J connectivity index is 2.85. The largest absolute Gasteiger partial charge is 0.392 e. The van der Waals surface area contributed by atoms with Gasteiger partial charge in [-0.3, -0.25) is 9.78 Å².